The van der Waals surface area contributed by atoms with E-state index in [4.69, 9.17) is 5.73 Å². The molecule has 0 atom stereocenters. The molecule has 0 unspecified atom stereocenters. The minimum atomic E-state index is 0.0638. The third kappa shape index (κ3) is 1.48. The maximum atomic E-state index is 6.09. The van der Waals surface area contributed by atoms with E-state index >= 15 is 0 Å². The summed E-state index contributed by atoms with van der Waals surface area (Å²) in [5.41, 5.74) is 7.28. The fourth-order valence-corrected chi connectivity index (χ4v) is 1.67. The lowest BCUT2D eigenvalue weighted by molar-refractivity contribution is 0.245. The van der Waals surface area contributed by atoms with Gasteiger partial charge in [0.1, 0.15) is 0 Å². The van der Waals surface area contributed by atoms with E-state index in [2.05, 4.69) is 4.98 Å². The molecule has 1 fully saturated rings. The molecule has 1 aliphatic carbocycles. The molecule has 1 aliphatic rings. The Morgan fingerprint density at radius 1 is 1.42 bits per heavy atom. The van der Waals surface area contributed by atoms with E-state index in [-0.39, 0.29) is 5.54 Å². The van der Waals surface area contributed by atoms with E-state index in [1.54, 1.807) is 0 Å². The number of pyridine rings is 1. The van der Waals surface area contributed by atoms with Crippen LogP contribution >= 0.6 is 0 Å². The van der Waals surface area contributed by atoms with Crippen molar-refractivity contribution in [3.05, 3.63) is 30.1 Å². The van der Waals surface area contributed by atoms with E-state index in [1.165, 1.54) is 6.42 Å². The van der Waals surface area contributed by atoms with Crippen LogP contribution < -0.4 is 5.73 Å². The van der Waals surface area contributed by atoms with Crippen LogP contribution in [0.1, 0.15) is 25.0 Å². The van der Waals surface area contributed by atoms with Crippen LogP contribution in [-0.2, 0) is 6.42 Å². The summed E-state index contributed by atoms with van der Waals surface area (Å²) in [6, 6.07) is 6.00. The summed E-state index contributed by atoms with van der Waals surface area (Å²) in [6.07, 6.45) is 6.36. The van der Waals surface area contributed by atoms with Crippen LogP contribution in [0.25, 0.3) is 0 Å². The third-order valence-electron chi connectivity index (χ3n) is 2.61. The van der Waals surface area contributed by atoms with Gasteiger partial charge in [-0.15, -0.1) is 0 Å². The van der Waals surface area contributed by atoms with E-state index in [9.17, 15) is 0 Å². The van der Waals surface area contributed by atoms with E-state index in [0.717, 1.165) is 25.0 Å². The van der Waals surface area contributed by atoms with Crippen LogP contribution in [0.2, 0.25) is 0 Å². The molecule has 0 spiro atoms. The van der Waals surface area contributed by atoms with Crippen molar-refractivity contribution in [1.82, 2.24) is 4.98 Å². The van der Waals surface area contributed by atoms with Crippen molar-refractivity contribution in [2.24, 2.45) is 5.73 Å². The Morgan fingerprint density at radius 2 is 2.25 bits per heavy atom. The topological polar surface area (TPSA) is 38.9 Å². The van der Waals surface area contributed by atoms with Crippen molar-refractivity contribution < 1.29 is 0 Å². The summed E-state index contributed by atoms with van der Waals surface area (Å²) >= 11 is 0. The summed E-state index contributed by atoms with van der Waals surface area (Å²) in [6.45, 7) is 0. The van der Waals surface area contributed by atoms with Gasteiger partial charge >= 0.3 is 0 Å². The SMILES string of the molecule is NC1(Cc2ccccn2)CCC1. The largest absolute Gasteiger partial charge is 0.325 e. The van der Waals surface area contributed by atoms with Crippen molar-refractivity contribution in [3.8, 4) is 0 Å². The summed E-state index contributed by atoms with van der Waals surface area (Å²) < 4.78 is 0. The molecule has 2 rings (SSSR count). The van der Waals surface area contributed by atoms with Gasteiger partial charge in [0.25, 0.3) is 0 Å². The molecule has 2 nitrogen and oxygen atoms in total. The Kier molecular flexibility index (Phi) is 1.85. The molecule has 1 saturated carbocycles. The molecule has 0 bridgehead atoms. The first-order valence-electron chi connectivity index (χ1n) is 4.47. The fraction of sp³-hybridized carbons (Fsp3) is 0.500. The summed E-state index contributed by atoms with van der Waals surface area (Å²) in [7, 11) is 0. The molecule has 2 N–H and O–H groups in total. The van der Waals surface area contributed by atoms with Crippen molar-refractivity contribution in [2.75, 3.05) is 0 Å². The zero-order valence-corrected chi connectivity index (χ0v) is 7.16. The highest BCUT2D eigenvalue weighted by molar-refractivity contribution is 5.10. The Hall–Kier alpha value is -0.890. The number of nitrogens with zero attached hydrogens (tertiary/aromatic N) is 1. The molecule has 1 aromatic rings. The predicted molar refractivity (Wildman–Crippen MR) is 48.7 cm³/mol. The van der Waals surface area contributed by atoms with Crippen LogP contribution in [0.4, 0.5) is 0 Å². The van der Waals surface area contributed by atoms with Gasteiger partial charge in [0, 0.05) is 23.9 Å². The average molecular weight is 162 g/mol. The highest BCUT2D eigenvalue weighted by atomic mass is 14.8. The molecular weight excluding hydrogens is 148 g/mol. The molecule has 0 aliphatic heterocycles. The van der Waals surface area contributed by atoms with E-state index in [0.29, 0.717) is 0 Å². The van der Waals surface area contributed by atoms with Crippen LogP contribution in [0.5, 0.6) is 0 Å². The molecule has 0 saturated heterocycles. The zero-order chi connectivity index (χ0) is 8.44. The number of hydrogen-bond acceptors (Lipinski definition) is 2. The number of hydrogen-bond donors (Lipinski definition) is 1. The molecule has 12 heavy (non-hydrogen) atoms. The molecule has 1 aromatic heterocycles. The summed E-state index contributed by atoms with van der Waals surface area (Å²) in [5.74, 6) is 0. The van der Waals surface area contributed by atoms with Crippen molar-refractivity contribution in [2.45, 2.75) is 31.2 Å². The van der Waals surface area contributed by atoms with Crippen LogP contribution in [-0.4, -0.2) is 10.5 Å². The van der Waals surface area contributed by atoms with Gasteiger partial charge in [-0.25, -0.2) is 0 Å². The van der Waals surface area contributed by atoms with Gasteiger partial charge in [0.2, 0.25) is 0 Å². The molecule has 2 heteroatoms. The van der Waals surface area contributed by atoms with Crippen molar-refractivity contribution >= 4 is 0 Å². The van der Waals surface area contributed by atoms with Gasteiger partial charge in [-0.2, -0.15) is 0 Å². The van der Waals surface area contributed by atoms with Gasteiger partial charge in [0.15, 0.2) is 0 Å². The lowest BCUT2D eigenvalue weighted by atomic mass is 9.74. The quantitative estimate of drug-likeness (QED) is 0.715. The zero-order valence-electron chi connectivity index (χ0n) is 7.16. The second-order valence-corrected chi connectivity index (χ2v) is 3.71. The molecular formula is C10H14N2. The van der Waals surface area contributed by atoms with Gasteiger partial charge in [0.05, 0.1) is 0 Å². The lowest BCUT2D eigenvalue weighted by Gasteiger charge is -2.37. The van der Waals surface area contributed by atoms with Crippen LogP contribution in [0, 0.1) is 0 Å². The minimum absolute atomic E-state index is 0.0638. The fourth-order valence-electron chi connectivity index (χ4n) is 1.67. The van der Waals surface area contributed by atoms with Gasteiger partial charge in [-0.3, -0.25) is 4.98 Å². The van der Waals surface area contributed by atoms with Gasteiger partial charge in [-0.05, 0) is 31.4 Å². The molecule has 1 heterocycles. The number of aromatic nitrogens is 1. The van der Waals surface area contributed by atoms with Crippen molar-refractivity contribution in [1.29, 1.82) is 0 Å². The average Bonchev–Trinajstić information content (AvgIpc) is 2.04. The first kappa shape index (κ1) is 7.74. The summed E-state index contributed by atoms with van der Waals surface area (Å²) in [5, 5.41) is 0. The Morgan fingerprint density at radius 3 is 2.75 bits per heavy atom. The Bertz CT molecular complexity index is 252. The predicted octanol–water partition coefficient (Wildman–Crippen LogP) is 1.51. The maximum Gasteiger partial charge on any atom is 0.0421 e. The minimum Gasteiger partial charge on any atom is -0.325 e. The van der Waals surface area contributed by atoms with Crippen LogP contribution in [0.15, 0.2) is 24.4 Å². The molecule has 64 valence electrons. The molecule has 0 amide bonds. The smallest absolute Gasteiger partial charge is 0.0421 e. The second-order valence-electron chi connectivity index (χ2n) is 3.71. The number of rotatable bonds is 2. The lowest BCUT2D eigenvalue weighted by Crippen LogP contribution is -2.48. The summed E-state index contributed by atoms with van der Waals surface area (Å²) in [4.78, 5) is 4.27. The van der Waals surface area contributed by atoms with Gasteiger partial charge < -0.3 is 5.73 Å². The second kappa shape index (κ2) is 2.87. The highest BCUT2D eigenvalue weighted by Gasteiger charge is 2.32. The normalized spacial score (nSPS) is 20.1. The van der Waals surface area contributed by atoms with Crippen LogP contribution in [0.3, 0.4) is 0 Å². The molecule has 0 aromatic carbocycles. The van der Waals surface area contributed by atoms with E-state index < -0.39 is 0 Å². The Balaban J connectivity index is 2.04. The van der Waals surface area contributed by atoms with Gasteiger partial charge in [-0.1, -0.05) is 6.07 Å². The first-order chi connectivity index (χ1) is 5.79. The standard InChI is InChI=1S/C10H14N2/c11-10(5-3-6-10)8-9-4-1-2-7-12-9/h1-2,4,7H,3,5-6,8,11H2. The van der Waals surface area contributed by atoms with E-state index in [1.807, 2.05) is 24.4 Å². The third-order valence-corrected chi connectivity index (χ3v) is 2.61. The number of nitrogens with two attached hydrogens (primary N) is 1. The Labute approximate surface area is 72.8 Å². The maximum absolute atomic E-state index is 6.09. The van der Waals surface area contributed by atoms with Crippen molar-refractivity contribution in [3.63, 3.8) is 0 Å². The highest BCUT2D eigenvalue weighted by Crippen LogP contribution is 2.31. The monoisotopic (exact) mass is 162 g/mol. The molecule has 0 radical (unpaired) electrons. The first-order valence-corrected chi connectivity index (χ1v) is 4.47.